The minimum Gasteiger partial charge on any atom is -0.395 e. The van der Waals surface area contributed by atoms with Gasteiger partial charge in [0.05, 0.1) is 6.61 Å². The van der Waals surface area contributed by atoms with Crippen LogP contribution in [0, 0.1) is 0 Å². The first-order valence-corrected chi connectivity index (χ1v) is 7.61. The highest BCUT2D eigenvalue weighted by Gasteiger charge is 2.39. The molecule has 2 heterocycles. The van der Waals surface area contributed by atoms with Gasteiger partial charge in [-0.2, -0.15) is 0 Å². The van der Waals surface area contributed by atoms with Gasteiger partial charge in [-0.15, -0.1) is 0 Å². The Balaban J connectivity index is 1.81. The fourth-order valence-corrected chi connectivity index (χ4v) is 3.08. The number of aliphatic hydroxyl groups is 1. The van der Waals surface area contributed by atoms with Gasteiger partial charge >= 0.3 is 0 Å². The monoisotopic (exact) mass is 317 g/mol. The number of nitrogens with one attached hydrogen (secondary N) is 1. The maximum Gasteiger partial charge on any atom is 0.255 e. The number of imide groups is 1. The average Bonchev–Trinajstić information content (AvgIpc) is 2.84. The van der Waals surface area contributed by atoms with Crippen LogP contribution >= 0.6 is 0 Å². The molecule has 1 unspecified atom stereocenters. The summed E-state index contributed by atoms with van der Waals surface area (Å²) in [5, 5.41) is 11.3. The van der Waals surface area contributed by atoms with Crippen LogP contribution in [0.15, 0.2) is 18.2 Å². The molecule has 1 fully saturated rings. The zero-order valence-electron chi connectivity index (χ0n) is 12.9. The Bertz CT molecular complexity index is 673. The third kappa shape index (κ3) is 2.79. The Morgan fingerprint density at radius 2 is 2.13 bits per heavy atom. The lowest BCUT2D eigenvalue weighted by atomic mass is 10.0. The number of likely N-dealkylation sites (N-methyl/N-ethyl adjacent to an activating group) is 1. The van der Waals surface area contributed by atoms with Crippen LogP contribution in [0.25, 0.3) is 0 Å². The van der Waals surface area contributed by atoms with Gasteiger partial charge in [0.2, 0.25) is 11.8 Å². The molecule has 0 spiro atoms. The zero-order chi connectivity index (χ0) is 16.6. The number of carbonyl (C=O) groups excluding carboxylic acids is 3. The van der Waals surface area contributed by atoms with Crippen molar-refractivity contribution in [1.29, 1.82) is 0 Å². The third-order valence-corrected chi connectivity index (χ3v) is 4.38. The number of rotatable bonds is 4. The molecule has 1 atom stereocenters. The van der Waals surface area contributed by atoms with Crippen molar-refractivity contribution in [2.75, 3.05) is 25.1 Å². The second-order valence-corrected chi connectivity index (χ2v) is 5.89. The third-order valence-electron chi connectivity index (χ3n) is 4.38. The summed E-state index contributed by atoms with van der Waals surface area (Å²) < 4.78 is 0. The predicted octanol–water partition coefficient (Wildman–Crippen LogP) is -0.124. The van der Waals surface area contributed by atoms with Gasteiger partial charge < -0.3 is 14.9 Å². The van der Waals surface area contributed by atoms with Gasteiger partial charge in [-0.25, -0.2) is 0 Å². The van der Waals surface area contributed by atoms with Crippen molar-refractivity contribution in [1.82, 2.24) is 10.2 Å². The van der Waals surface area contributed by atoms with Crippen molar-refractivity contribution in [3.8, 4) is 0 Å². The first-order chi connectivity index (χ1) is 11.0. The lowest BCUT2D eigenvalue weighted by molar-refractivity contribution is -0.136. The van der Waals surface area contributed by atoms with Crippen molar-refractivity contribution < 1.29 is 19.5 Å². The highest BCUT2D eigenvalue weighted by atomic mass is 16.3. The van der Waals surface area contributed by atoms with Gasteiger partial charge in [0, 0.05) is 37.8 Å². The lowest BCUT2D eigenvalue weighted by Gasteiger charge is -2.29. The fourth-order valence-electron chi connectivity index (χ4n) is 3.08. The maximum atomic E-state index is 12.5. The molecule has 0 saturated carbocycles. The molecule has 0 bridgehead atoms. The average molecular weight is 317 g/mol. The summed E-state index contributed by atoms with van der Waals surface area (Å²) in [7, 11) is 1.87. The molecule has 0 radical (unpaired) electrons. The molecular weight excluding hydrogens is 298 g/mol. The van der Waals surface area contributed by atoms with Crippen molar-refractivity contribution in [3.05, 3.63) is 29.3 Å². The molecule has 7 heteroatoms. The SMILES string of the molecule is CN(CCO)c1ccc2c(c1)CN(C1CCC(=O)NC1=O)C2=O. The lowest BCUT2D eigenvalue weighted by Crippen LogP contribution is -2.52. The summed E-state index contributed by atoms with van der Waals surface area (Å²) in [6, 6.07) is 4.91. The molecule has 3 amide bonds. The summed E-state index contributed by atoms with van der Waals surface area (Å²) in [5.41, 5.74) is 2.37. The Kier molecular flexibility index (Phi) is 4.04. The molecule has 2 aliphatic heterocycles. The number of fused-ring (bicyclic) bond motifs is 1. The number of carbonyl (C=O) groups is 3. The highest BCUT2D eigenvalue weighted by molar-refractivity contribution is 6.05. The molecule has 2 N–H and O–H groups in total. The highest BCUT2D eigenvalue weighted by Crippen LogP contribution is 2.30. The standard InChI is InChI=1S/C16H19N3O4/c1-18(6-7-20)11-2-3-12-10(8-11)9-19(16(12)23)13-4-5-14(21)17-15(13)22/h2-3,8,13,20H,4-7,9H2,1H3,(H,17,21,22). The van der Waals surface area contributed by atoms with Crippen LogP contribution in [0.1, 0.15) is 28.8 Å². The summed E-state index contributed by atoms with van der Waals surface area (Å²) in [6.45, 7) is 0.916. The molecule has 0 aliphatic carbocycles. The Morgan fingerprint density at radius 1 is 1.35 bits per heavy atom. The summed E-state index contributed by atoms with van der Waals surface area (Å²) >= 11 is 0. The van der Waals surface area contributed by atoms with E-state index in [0.717, 1.165) is 11.3 Å². The molecule has 23 heavy (non-hydrogen) atoms. The van der Waals surface area contributed by atoms with Crippen LogP contribution < -0.4 is 10.2 Å². The van der Waals surface area contributed by atoms with Crippen LogP contribution in [0.3, 0.4) is 0 Å². The molecule has 0 aromatic heterocycles. The normalized spacial score (nSPS) is 20.5. The number of hydrogen-bond donors (Lipinski definition) is 2. The number of piperidine rings is 1. The number of nitrogens with zero attached hydrogens (tertiary/aromatic N) is 2. The smallest absolute Gasteiger partial charge is 0.255 e. The van der Waals surface area contributed by atoms with Crippen molar-refractivity contribution in [3.63, 3.8) is 0 Å². The van der Waals surface area contributed by atoms with E-state index in [1.54, 1.807) is 6.07 Å². The van der Waals surface area contributed by atoms with E-state index in [1.807, 2.05) is 24.1 Å². The van der Waals surface area contributed by atoms with E-state index in [0.29, 0.717) is 25.1 Å². The predicted molar refractivity (Wildman–Crippen MR) is 82.8 cm³/mol. The van der Waals surface area contributed by atoms with Crippen LogP contribution in [0.4, 0.5) is 5.69 Å². The van der Waals surface area contributed by atoms with E-state index in [9.17, 15) is 14.4 Å². The molecule has 2 aliphatic rings. The van der Waals surface area contributed by atoms with Crippen LogP contribution in [0.5, 0.6) is 0 Å². The van der Waals surface area contributed by atoms with E-state index in [2.05, 4.69) is 5.32 Å². The number of anilines is 1. The maximum absolute atomic E-state index is 12.5. The topological polar surface area (TPSA) is 89.9 Å². The van der Waals surface area contributed by atoms with Crippen LogP contribution in [-0.4, -0.2) is 54.0 Å². The summed E-state index contributed by atoms with van der Waals surface area (Å²) in [5.74, 6) is -0.866. The molecular formula is C16H19N3O4. The van der Waals surface area contributed by atoms with Gasteiger partial charge in [0.15, 0.2) is 0 Å². The second kappa shape index (κ2) is 6.00. The summed E-state index contributed by atoms with van der Waals surface area (Å²) in [4.78, 5) is 39.2. The van der Waals surface area contributed by atoms with Crippen molar-refractivity contribution in [2.24, 2.45) is 0 Å². The number of amides is 3. The van der Waals surface area contributed by atoms with Gasteiger partial charge in [-0.05, 0) is 30.2 Å². The summed E-state index contributed by atoms with van der Waals surface area (Å²) in [6.07, 6.45) is 0.614. The first-order valence-electron chi connectivity index (χ1n) is 7.61. The van der Waals surface area contributed by atoms with Crippen molar-refractivity contribution >= 4 is 23.4 Å². The number of benzene rings is 1. The van der Waals surface area contributed by atoms with Crippen molar-refractivity contribution in [2.45, 2.75) is 25.4 Å². The Hall–Kier alpha value is -2.41. The Morgan fingerprint density at radius 3 is 2.83 bits per heavy atom. The fraction of sp³-hybridized carbons (Fsp3) is 0.438. The van der Waals surface area contributed by atoms with E-state index in [-0.39, 0.29) is 24.8 Å². The van der Waals surface area contributed by atoms with E-state index < -0.39 is 11.9 Å². The van der Waals surface area contributed by atoms with Crippen LogP contribution in [0.2, 0.25) is 0 Å². The van der Waals surface area contributed by atoms with E-state index in [1.165, 1.54) is 4.90 Å². The van der Waals surface area contributed by atoms with Gasteiger partial charge in [-0.3, -0.25) is 19.7 Å². The van der Waals surface area contributed by atoms with Gasteiger partial charge in [0.25, 0.3) is 5.91 Å². The molecule has 3 rings (SSSR count). The van der Waals surface area contributed by atoms with E-state index >= 15 is 0 Å². The minimum absolute atomic E-state index is 0.0505. The Labute approximate surface area is 133 Å². The molecule has 7 nitrogen and oxygen atoms in total. The van der Waals surface area contributed by atoms with Gasteiger partial charge in [-0.1, -0.05) is 0 Å². The van der Waals surface area contributed by atoms with E-state index in [4.69, 9.17) is 5.11 Å². The molecule has 1 saturated heterocycles. The first kappa shape index (κ1) is 15.5. The van der Waals surface area contributed by atoms with Gasteiger partial charge in [0.1, 0.15) is 6.04 Å². The number of hydrogen-bond acceptors (Lipinski definition) is 5. The number of aliphatic hydroxyl groups excluding tert-OH is 1. The quantitative estimate of drug-likeness (QED) is 0.756. The second-order valence-electron chi connectivity index (χ2n) is 5.89. The molecule has 1 aromatic carbocycles. The molecule has 1 aromatic rings. The largest absolute Gasteiger partial charge is 0.395 e. The zero-order valence-corrected chi connectivity index (χ0v) is 12.9. The van der Waals surface area contributed by atoms with Crippen LogP contribution in [-0.2, 0) is 16.1 Å². The molecule has 122 valence electrons. The minimum atomic E-state index is -0.591.